The third-order valence-electron chi connectivity index (χ3n) is 4.47. The number of carbonyl (C=O) groups is 2. The molecule has 0 saturated carbocycles. The minimum absolute atomic E-state index is 0.0214. The topological polar surface area (TPSA) is 49.4 Å². The van der Waals surface area contributed by atoms with Gasteiger partial charge in [-0.15, -0.1) is 0 Å². The van der Waals surface area contributed by atoms with Gasteiger partial charge in [-0.2, -0.15) is 0 Å². The second-order valence-corrected chi connectivity index (χ2v) is 6.89. The fraction of sp³-hybridized carbons (Fsp3) is 0.364. The average molecular weight is 387 g/mol. The Labute approximate surface area is 166 Å². The summed E-state index contributed by atoms with van der Waals surface area (Å²) in [6.45, 7) is 4.74. The normalized spacial score (nSPS) is 11.7. The van der Waals surface area contributed by atoms with Gasteiger partial charge in [0.25, 0.3) is 0 Å². The molecule has 0 unspecified atom stereocenters. The van der Waals surface area contributed by atoms with Gasteiger partial charge in [-0.05, 0) is 43.0 Å². The van der Waals surface area contributed by atoms with E-state index < -0.39 is 6.04 Å². The van der Waals surface area contributed by atoms with Crippen LogP contribution in [-0.4, -0.2) is 29.3 Å². The zero-order valence-electron chi connectivity index (χ0n) is 16.0. The van der Waals surface area contributed by atoms with E-state index in [1.165, 1.54) is 0 Å². The molecule has 0 aliphatic carbocycles. The lowest BCUT2D eigenvalue weighted by Crippen LogP contribution is -2.49. The lowest BCUT2D eigenvalue weighted by molar-refractivity contribution is -0.141. The van der Waals surface area contributed by atoms with Crippen molar-refractivity contribution in [3.05, 3.63) is 70.7 Å². The maximum absolute atomic E-state index is 13.0. The zero-order valence-corrected chi connectivity index (χ0v) is 16.7. The van der Waals surface area contributed by atoms with E-state index >= 15 is 0 Å². The highest BCUT2D eigenvalue weighted by molar-refractivity contribution is 6.30. The van der Waals surface area contributed by atoms with Crippen molar-refractivity contribution in [2.45, 2.75) is 45.7 Å². The van der Waals surface area contributed by atoms with Gasteiger partial charge in [0.2, 0.25) is 11.8 Å². The number of likely N-dealkylation sites (N-methyl/N-ethyl adjacent to an activating group) is 1. The van der Waals surface area contributed by atoms with Crippen molar-refractivity contribution >= 4 is 23.4 Å². The molecule has 0 aliphatic rings. The van der Waals surface area contributed by atoms with Crippen LogP contribution in [0.3, 0.4) is 0 Å². The van der Waals surface area contributed by atoms with Crippen molar-refractivity contribution in [1.82, 2.24) is 10.2 Å². The highest BCUT2D eigenvalue weighted by Crippen LogP contribution is 2.17. The molecule has 0 heterocycles. The van der Waals surface area contributed by atoms with Crippen molar-refractivity contribution in [3.8, 4) is 0 Å². The molecule has 0 saturated heterocycles. The SMILES string of the molecule is CCNC(=O)[C@@H](CC)N(Cc1ccc(Cl)cc1)C(=O)CCc1ccccc1. The highest BCUT2D eigenvalue weighted by atomic mass is 35.5. The Bertz CT molecular complexity index is 732. The molecule has 0 bridgehead atoms. The van der Waals surface area contributed by atoms with Gasteiger partial charge >= 0.3 is 0 Å². The first-order chi connectivity index (χ1) is 13.0. The van der Waals surface area contributed by atoms with Gasteiger partial charge in [-0.1, -0.05) is 61.0 Å². The third kappa shape index (κ3) is 6.40. The molecule has 144 valence electrons. The molecule has 2 rings (SSSR count). The van der Waals surface area contributed by atoms with Gasteiger partial charge in [0, 0.05) is 24.5 Å². The van der Waals surface area contributed by atoms with Gasteiger partial charge in [0.05, 0.1) is 0 Å². The first kappa shape index (κ1) is 21.0. The van der Waals surface area contributed by atoms with Crippen LogP contribution in [0.4, 0.5) is 0 Å². The van der Waals surface area contributed by atoms with Crippen LogP contribution in [0.1, 0.15) is 37.8 Å². The molecule has 2 aromatic carbocycles. The zero-order chi connectivity index (χ0) is 19.6. The molecule has 1 atom stereocenters. The second kappa shape index (κ2) is 10.7. The van der Waals surface area contributed by atoms with E-state index in [9.17, 15) is 9.59 Å². The Morgan fingerprint density at radius 2 is 1.67 bits per heavy atom. The van der Waals surface area contributed by atoms with Crippen LogP contribution < -0.4 is 5.32 Å². The number of carbonyl (C=O) groups excluding carboxylic acids is 2. The maximum Gasteiger partial charge on any atom is 0.242 e. The summed E-state index contributed by atoms with van der Waals surface area (Å²) < 4.78 is 0. The van der Waals surface area contributed by atoms with E-state index in [0.29, 0.717) is 37.4 Å². The number of nitrogens with zero attached hydrogens (tertiary/aromatic N) is 1. The quantitative estimate of drug-likeness (QED) is 0.701. The van der Waals surface area contributed by atoms with Gasteiger partial charge in [-0.25, -0.2) is 0 Å². The molecular weight excluding hydrogens is 360 g/mol. The lowest BCUT2D eigenvalue weighted by atomic mass is 10.1. The first-order valence-electron chi connectivity index (χ1n) is 9.40. The number of nitrogens with one attached hydrogen (secondary N) is 1. The molecule has 4 nitrogen and oxygen atoms in total. The summed E-state index contributed by atoms with van der Waals surface area (Å²) in [5, 5.41) is 3.50. The van der Waals surface area contributed by atoms with Crippen molar-refractivity contribution in [2.24, 2.45) is 0 Å². The maximum atomic E-state index is 13.0. The Morgan fingerprint density at radius 3 is 2.26 bits per heavy atom. The van der Waals surface area contributed by atoms with Crippen LogP contribution in [0.15, 0.2) is 54.6 Å². The van der Waals surface area contributed by atoms with Gasteiger partial charge in [-0.3, -0.25) is 9.59 Å². The molecule has 27 heavy (non-hydrogen) atoms. The summed E-state index contributed by atoms with van der Waals surface area (Å²) >= 11 is 5.97. The Balaban J connectivity index is 2.17. The van der Waals surface area contributed by atoms with Crippen LogP contribution in [0.5, 0.6) is 0 Å². The van der Waals surface area contributed by atoms with Crippen LogP contribution in [0.25, 0.3) is 0 Å². The lowest BCUT2D eigenvalue weighted by Gasteiger charge is -2.30. The van der Waals surface area contributed by atoms with Crippen molar-refractivity contribution in [1.29, 1.82) is 0 Å². The Kier molecular flexibility index (Phi) is 8.34. The molecule has 2 amide bonds. The van der Waals surface area contributed by atoms with Gasteiger partial charge in [0.1, 0.15) is 6.04 Å². The number of benzene rings is 2. The highest BCUT2D eigenvalue weighted by Gasteiger charge is 2.28. The van der Waals surface area contributed by atoms with Gasteiger partial charge in [0.15, 0.2) is 0 Å². The predicted octanol–water partition coefficient (Wildman–Crippen LogP) is 4.22. The van der Waals surface area contributed by atoms with E-state index in [2.05, 4.69) is 5.32 Å². The van der Waals surface area contributed by atoms with Crippen molar-refractivity contribution < 1.29 is 9.59 Å². The molecule has 2 aromatic rings. The molecule has 0 radical (unpaired) electrons. The Morgan fingerprint density at radius 1 is 1.00 bits per heavy atom. The number of halogens is 1. The number of aryl methyl sites for hydroxylation is 1. The number of hydrogen-bond donors (Lipinski definition) is 1. The molecule has 0 aromatic heterocycles. The fourth-order valence-corrected chi connectivity index (χ4v) is 3.16. The predicted molar refractivity (Wildman–Crippen MR) is 110 cm³/mol. The first-order valence-corrected chi connectivity index (χ1v) is 9.78. The number of hydrogen-bond acceptors (Lipinski definition) is 2. The molecule has 1 N–H and O–H groups in total. The minimum atomic E-state index is -0.482. The van der Waals surface area contributed by atoms with Crippen LogP contribution in [0, 0.1) is 0 Å². The molecular formula is C22H27ClN2O2. The largest absolute Gasteiger partial charge is 0.355 e. The van der Waals surface area contributed by atoms with E-state index in [1.807, 2.05) is 56.3 Å². The van der Waals surface area contributed by atoms with E-state index in [-0.39, 0.29) is 11.8 Å². The number of rotatable bonds is 9. The minimum Gasteiger partial charge on any atom is -0.355 e. The summed E-state index contributed by atoms with van der Waals surface area (Å²) in [6.07, 6.45) is 1.59. The third-order valence-corrected chi connectivity index (χ3v) is 4.73. The van der Waals surface area contributed by atoms with Crippen molar-refractivity contribution in [3.63, 3.8) is 0 Å². The standard InChI is InChI=1S/C22H27ClN2O2/c1-3-20(22(27)24-4-2)25(16-18-10-13-19(23)14-11-18)21(26)15-12-17-8-6-5-7-9-17/h5-11,13-14,20H,3-4,12,15-16H2,1-2H3,(H,24,27)/t20-/m1/s1. The summed E-state index contributed by atoms with van der Waals surface area (Å²) in [4.78, 5) is 27.2. The second-order valence-electron chi connectivity index (χ2n) is 6.45. The molecule has 0 fully saturated rings. The monoisotopic (exact) mass is 386 g/mol. The van der Waals surface area contributed by atoms with Gasteiger partial charge < -0.3 is 10.2 Å². The van der Waals surface area contributed by atoms with Crippen LogP contribution in [-0.2, 0) is 22.6 Å². The van der Waals surface area contributed by atoms with Crippen LogP contribution >= 0.6 is 11.6 Å². The van der Waals surface area contributed by atoms with E-state index in [1.54, 1.807) is 17.0 Å². The van der Waals surface area contributed by atoms with E-state index in [4.69, 9.17) is 11.6 Å². The van der Waals surface area contributed by atoms with E-state index in [0.717, 1.165) is 11.1 Å². The smallest absolute Gasteiger partial charge is 0.242 e. The average Bonchev–Trinajstić information content (AvgIpc) is 2.68. The summed E-state index contributed by atoms with van der Waals surface area (Å²) in [7, 11) is 0. The molecule has 0 spiro atoms. The summed E-state index contributed by atoms with van der Waals surface area (Å²) in [5.41, 5.74) is 2.07. The summed E-state index contributed by atoms with van der Waals surface area (Å²) in [6, 6.07) is 16.8. The number of amides is 2. The van der Waals surface area contributed by atoms with Crippen molar-refractivity contribution in [2.75, 3.05) is 6.54 Å². The Hall–Kier alpha value is -2.33. The summed E-state index contributed by atoms with van der Waals surface area (Å²) in [5.74, 6) is -0.131. The molecule has 5 heteroatoms. The fourth-order valence-electron chi connectivity index (χ4n) is 3.04. The van der Waals surface area contributed by atoms with Crippen LogP contribution in [0.2, 0.25) is 5.02 Å². The molecule has 0 aliphatic heterocycles.